The standard InChI is InChI=1S/C15H19NO2/c1-10-15(9-14(17)16-10)7-3-4-11-5-6-12(18-2)8-13(11)15/h5-6,8,10H,3-4,7,9H2,1-2H3,(H,16,17). The van der Waals surface area contributed by atoms with Crippen LogP contribution in [-0.2, 0) is 16.6 Å². The lowest BCUT2D eigenvalue weighted by atomic mass is 9.66. The van der Waals surface area contributed by atoms with E-state index in [4.69, 9.17) is 4.74 Å². The van der Waals surface area contributed by atoms with Crippen LogP contribution in [0.2, 0.25) is 0 Å². The van der Waals surface area contributed by atoms with E-state index in [-0.39, 0.29) is 17.4 Å². The third kappa shape index (κ3) is 1.53. The minimum Gasteiger partial charge on any atom is -0.497 e. The molecule has 18 heavy (non-hydrogen) atoms. The van der Waals surface area contributed by atoms with Gasteiger partial charge in [0, 0.05) is 17.9 Å². The topological polar surface area (TPSA) is 38.3 Å². The molecule has 2 aliphatic rings. The van der Waals surface area contributed by atoms with Crippen LogP contribution < -0.4 is 10.1 Å². The van der Waals surface area contributed by atoms with Gasteiger partial charge in [0.05, 0.1) is 7.11 Å². The first-order valence-electron chi connectivity index (χ1n) is 6.62. The minimum atomic E-state index is -0.0147. The monoisotopic (exact) mass is 245 g/mol. The normalized spacial score (nSPS) is 30.1. The number of hydrogen-bond acceptors (Lipinski definition) is 2. The van der Waals surface area contributed by atoms with Crippen molar-refractivity contribution in [3.8, 4) is 5.75 Å². The first-order valence-corrected chi connectivity index (χ1v) is 6.62. The van der Waals surface area contributed by atoms with Crippen LogP contribution in [0.15, 0.2) is 18.2 Å². The summed E-state index contributed by atoms with van der Waals surface area (Å²) in [6.45, 7) is 2.12. The van der Waals surface area contributed by atoms with Crippen LogP contribution in [0.1, 0.15) is 37.3 Å². The molecule has 1 aliphatic carbocycles. The van der Waals surface area contributed by atoms with Crippen molar-refractivity contribution in [3.63, 3.8) is 0 Å². The maximum absolute atomic E-state index is 11.7. The van der Waals surface area contributed by atoms with Gasteiger partial charge in [0.15, 0.2) is 0 Å². The van der Waals surface area contributed by atoms with Crippen molar-refractivity contribution in [2.45, 2.75) is 44.1 Å². The van der Waals surface area contributed by atoms with E-state index < -0.39 is 0 Å². The van der Waals surface area contributed by atoms with Crippen LogP contribution in [0, 0.1) is 0 Å². The molecular formula is C15H19NO2. The van der Waals surface area contributed by atoms with E-state index in [0.717, 1.165) is 18.6 Å². The summed E-state index contributed by atoms with van der Waals surface area (Å²) in [6.07, 6.45) is 3.99. The molecule has 0 radical (unpaired) electrons. The minimum absolute atomic E-state index is 0.0147. The molecule has 0 aromatic heterocycles. The number of fused-ring (bicyclic) bond motifs is 2. The number of carbonyl (C=O) groups excluding carboxylic acids is 1. The van der Waals surface area contributed by atoms with Gasteiger partial charge < -0.3 is 10.1 Å². The molecule has 0 saturated carbocycles. The Morgan fingerprint density at radius 3 is 2.94 bits per heavy atom. The molecule has 96 valence electrons. The Kier molecular flexibility index (Phi) is 2.58. The lowest BCUT2D eigenvalue weighted by molar-refractivity contribution is -0.119. The van der Waals surface area contributed by atoms with Crippen molar-refractivity contribution in [1.29, 1.82) is 0 Å². The van der Waals surface area contributed by atoms with E-state index in [1.807, 2.05) is 6.07 Å². The van der Waals surface area contributed by atoms with E-state index in [1.54, 1.807) is 7.11 Å². The van der Waals surface area contributed by atoms with Crippen molar-refractivity contribution in [3.05, 3.63) is 29.3 Å². The molecule has 1 amide bonds. The Labute approximate surface area is 108 Å². The number of methoxy groups -OCH3 is 1. The fraction of sp³-hybridized carbons (Fsp3) is 0.533. The maximum atomic E-state index is 11.7. The zero-order valence-electron chi connectivity index (χ0n) is 11.0. The highest BCUT2D eigenvalue weighted by Gasteiger charge is 2.47. The molecule has 1 spiro atoms. The van der Waals surface area contributed by atoms with E-state index in [1.165, 1.54) is 17.5 Å². The summed E-state index contributed by atoms with van der Waals surface area (Å²) in [4.78, 5) is 11.7. The fourth-order valence-corrected chi connectivity index (χ4v) is 3.60. The van der Waals surface area contributed by atoms with Crippen LogP contribution in [0.5, 0.6) is 5.75 Å². The summed E-state index contributed by atoms with van der Waals surface area (Å²) in [5, 5.41) is 3.08. The fourth-order valence-electron chi connectivity index (χ4n) is 3.60. The predicted molar refractivity (Wildman–Crippen MR) is 69.8 cm³/mol. The SMILES string of the molecule is COc1ccc2c(c1)C1(CCC2)CC(=O)NC1C. The van der Waals surface area contributed by atoms with Crippen molar-refractivity contribution in [1.82, 2.24) is 5.32 Å². The number of benzene rings is 1. The first-order chi connectivity index (χ1) is 8.65. The molecule has 1 fully saturated rings. The van der Waals surface area contributed by atoms with Crippen molar-refractivity contribution in [2.24, 2.45) is 0 Å². The first kappa shape index (κ1) is 11.6. The van der Waals surface area contributed by atoms with Crippen LogP contribution >= 0.6 is 0 Å². The van der Waals surface area contributed by atoms with Gasteiger partial charge in [0.25, 0.3) is 0 Å². The lowest BCUT2D eigenvalue weighted by Crippen LogP contribution is -2.40. The average molecular weight is 245 g/mol. The van der Waals surface area contributed by atoms with Gasteiger partial charge in [0.1, 0.15) is 5.75 Å². The summed E-state index contributed by atoms with van der Waals surface area (Å²) in [5.41, 5.74) is 2.68. The molecule has 0 bridgehead atoms. The van der Waals surface area contributed by atoms with Crippen LogP contribution in [0.25, 0.3) is 0 Å². The van der Waals surface area contributed by atoms with Gasteiger partial charge >= 0.3 is 0 Å². The van der Waals surface area contributed by atoms with E-state index >= 15 is 0 Å². The highest BCUT2D eigenvalue weighted by atomic mass is 16.5. The molecule has 3 nitrogen and oxygen atoms in total. The van der Waals surface area contributed by atoms with Gasteiger partial charge in [-0.05, 0) is 49.4 Å². The van der Waals surface area contributed by atoms with Gasteiger partial charge in [-0.25, -0.2) is 0 Å². The van der Waals surface area contributed by atoms with Crippen LogP contribution in [0.4, 0.5) is 0 Å². The number of nitrogens with one attached hydrogen (secondary N) is 1. The van der Waals surface area contributed by atoms with E-state index in [9.17, 15) is 4.79 Å². The Morgan fingerprint density at radius 1 is 1.44 bits per heavy atom. The Balaban J connectivity index is 2.13. The second-order valence-corrected chi connectivity index (χ2v) is 5.50. The summed E-state index contributed by atoms with van der Waals surface area (Å²) >= 11 is 0. The highest BCUT2D eigenvalue weighted by molar-refractivity contribution is 5.82. The molecule has 2 unspecified atom stereocenters. The van der Waals surface area contributed by atoms with Crippen molar-refractivity contribution < 1.29 is 9.53 Å². The number of aryl methyl sites for hydroxylation is 1. The summed E-state index contributed by atoms with van der Waals surface area (Å²) < 4.78 is 5.34. The van der Waals surface area contributed by atoms with Gasteiger partial charge in [-0.2, -0.15) is 0 Å². The highest BCUT2D eigenvalue weighted by Crippen LogP contribution is 2.46. The maximum Gasteiger partial charge on any atom is 0.221 e. The number of ether oxygens (including phenoxy) is 1. The molecule has 1 aromatic rings. The van der Waals surface area contributed by atoms with Crippen molar-refractivity contribution in [2.75, 3.05) is 7.11 Å². The Bertz CT molecular complexity index is 497. The van der Waals surface area contributed by atoms with Gasteiger partial charge in [0.2, 0.25) is 5.91 Å². The van der Waals surface area contributed by atoms with E-state index in [2.05, 4.69) is 24.4 Å². The van der Waals surface area contributed by atoms with Crippen molar-refractivity contribution >= 4 is 5.91 Å². The average Bonchev–Trinajstić information content (AvgIpc) is 2.65. The zero-order valence-corrected chi connectivity index (χ0v) is 11.0. The summed E-state index contributed by atoms with van der Waals surface area (Å²) in [5.74, 6) is 1.07. The van der Waals surface area contributed by atoms with Crippen LogP contribution in [-0.4, -0.2) is 19.1 Å². The smallest absolute Gasteiger partial charge is 0.221 e. The van der Waals surface area contributed by atoms with Gasteiger partial charge in [-0.15, -0.1) is 0 Å². The molecular weight excluding hydrogens is 226 g/mol. The molecule has 1 aliphatic heterocycles. The Hall–Kier alpha value is -1.51. The molecule has 1 heterocycles. The van der Waals surface area contributed by atoms with Gasteiger partial charge in [-0.3, -0.25) is 4.79 Å². The number of hydrogen-bond donors (Lipinski definition) is 1. The lowest BCUT2D eigenvalue weighted by Gasteiger charge is -2.38. The van der Waals surface area contributed by atoms with Gasteiger partial charge in [-0.1, -0.05) is 6.07 Å². The number of carbonyl (C=O) groups is 1. The molecule has 2 atom stereocenters. The van der Waals surface area contributed by atoms with Crippen LogP contribution in [0.3, 0.4) is 0 Å². The second-order valence-electron chi connectivity index (χ2n) is 5.50. The molecule has 3 heteroatoms. The predicted octanol–water partition coefficient (Wildman–Crippen LogP) is 2.18. The Morgan fingerprint density at radius 2 is 2.28 bits per heavy atom. The second kappa shape index (κ2) is 4.01. The molecule has 1 aromatic carbocycles. The zero-order chi connectivity index (χ0) is 12.8. The third-order valence-corrected chi connectivity index (χ3v) is 4.60. The summed E-state index contributed by atoms with van der Waals surface area (Å²) in [6, 6.07) is 6.53. The quantitative estimate of drug-likeness (QED) is 0.823. The number of amides is 1. The van der Waals surface area contributed by atoms with E-state index in [0.29, 0.717) is 6.42 Å². The number of rotatable bonds is 1. The molecule has 1 saturated heterocycles. The molecule has 1 N–H and O–H groups in total. The summed E-state index contributed by atoms with van der Waals surface area (Å²) in [7, 11) is 1.69. The third-order valence-electron chi connectivity index (χ3n) is 4.60. The molecule has 3 rings (SSSR count). The largest absolute Gasteiger partial charge is 0.497 e.